The van der Waals surface area contributed by atoms with Crippen molar-refractivity contribution in [3.8, 4) is 11.5 Å². The van der Waals surface area contributed by atoms with Gasteiger partial charge in [-0.25, -0.2) is 9.80 Å². The Balaban J connectivity index is 1.49. The molecule has 2 saturated heterocycles. The van der Waals surface area contributed by atoms with Crippen molar-refractivity contribution in [3.63, 3.8) is 0 Å². The Morgan fingerprint density at radius 2 is 1.92 bits per heavy atom. The highest BCUT2D eigenvalue weighted by Crippen LogP contribution is 2.34. The summed E-state index contributed by atoms with van der Waals surface area (Å²) in [5.74, 6) is -2.06. The van der Waals surface area contributed by atoms with Gasteiger partial charge >= 0.3 is 11.9 Å². The van der Waals surface area contributed by atoms with E-state index >= 15 is 0 Å². The number of carboxylic acid groups (broad SMARTS) is 1. The summed E-state index contributed by atoms with van der Waals surface area (Å²) in [5, 5.41) is 13.6. The van der Waals surface area contributed by atoms with Crippen molar-refractivity contribution >= 4 is 41.4 Å². The van der Waals surface area contributed by atoms with Gasteiger partial charge in [0.05, 0.1) is 10.7 Å². The molecule has 12 nitrogen and oxygen atoms in total. The molecule has 3 amide bonds. The summed E-state index contributed by atoms with van der Waals surface area (Å²) >= 11 is 1.10. The zero-order valence-corrected chi connectivity index (χ0v) is 22.2. The number of carboxylic acids is 1. The van der Waals surface area contributed by atoms with E-state index in [1.54, 1.807) is 39.0 Å². The number of nitrogens with one attached hydrogen (secondary N) is 1. The molecule has 3 heterocycles. The second-order valence-corrected chi connectivity index (χ2v) is 11.4. The van der Waals surface area contributed by atoms with Crippen molar-refractivity contribution in [3.05, 3.63) is 23.8 Å². The minimum absolute atomic E-state index is 0.0112. The maximum atomic E-state index is 13.5. The lowest BCUT2D eigenvalue weighted by Crippen LogP contribution is -2.55. The summed E-state index contributed by atoms with van der Waals surface area (Å²) in [6.07, 6.45) is 0.384. The number of hydrazine groups is 1. The number of rotatable bonds is 8. The predicted octanol–water partition coefficient (Wildman–Crippen LogP) is 1.31. The maximum absolute atomic E-state index is 13.5. The van der Waals surface area contributed by atoms with Gasteiger partial charge < -0.3 is 24.6 Å². The molecule has 1 aromatic carbocycles. The van der Waals surface area contributed by atoms with E-state index in [2.05, 4.69) is 5.32 Å². The fourth-order valence-corrected chi connectivity index (χ4v) is 5.23. The smallest absolute Gasteiger partial charge is 0.328 e. The first kappa shape index (κ1) is 27.6. The number of nitrogens with zero attached hydrogens (tertiary/aromatic N) is 2. The molecule has 0 spiro atoms. The minimum atomic E-state index is -1.21. The Morgan fingerprint density at radius 1 is 1.18 bits per heavy atom. The first-order valence-corrected chi connectivity index (χ1v) is 13.3. The van der Waals surface area contributed by atoms with Gasteiger partial charge in [-0.3, -0.25) is 24.2 Å². The van der Waals surface area contributed by atoms with E-state index in [0.717, 1.165) is 27.3 Å². The summed E-state index contributed by atoms with van der Waals surface area (Å²) in [4.78, 5) is 63.2. The Bertz CT molecular complexity index is 1140. The SMILES string of the molecule is CC(C)(C)C(=O)OCS[C@@H](Cc1ccc2c(c1)OCO2)C(=O)NC1CCC(=O)N2CCC(C(=O)O)N2C1=O. The van der Waals surface area contributed by atoms with Crippen LogP contribution in [0.4, 0.5) is 0 Å². The van der Waals surface area contributed by atoms with Gasteiger partial charge in [0.15, 0.2) is 17.5 Å². The molecule has 0 aliphatic carbocycles. The number of ether oxygens (including phenoxy) is 3. The second-order valence-electron chi connectivity index (χ2n) is 10.3. The van der Waals surface area contributed by atoms with Gasteiger partial charge in [0, 0.05) is 19.4 Å². The highest BCUT2D eigenvalue weighted by atomic mass is 32.2. The van der Waals surface area contributed by atoms with E-state index in [1.807, 2.05) is 0 Å². The third-order valence-corrected chi connectivity index (χ3v) is 7.49. The third-order valence-electron chi connectivity index (χ3n) is 6.45. The van der Waals surface area contributed by atoms with Crippen molar-refractivity contribution < 1.29 is 43.3 Å². The third kappa shape index (κ3) is 5.98. The summed E-state index contributed by atoms with van der Waals surface area (Å²) in [5.41, 5.74) is 0.0557. The van der Waals surface area contributed by atoms with Gasteiger partial charge in [0.2, 0.25) is 18.6 Å². The van der Waals surface area contributed by atoms with E-state index in [0.29, 0.717) is 11.5 Å². The number of hydrogen-bond acceptors (Lipinski definition) is 9. The molecule has 0 bridgehead atoms. The highest BCUT2D eigenvalue weighted by Gasteiger charge is 2.47. The topological polar surface area (TPSA) is 152 Å². The number of fused-ring (bicyclic) bond motifs is 2. The van der Waals surface area contributed by atoms with E-state index in [4.69, 9.17) is 14.2 Å². The van der Waals surface area contributed by atoms with Crippen molar-refractivity contribution in [2.45, 2.75) is 63.8 Å². The van der Waals surface area contributed by atoms with Crippen LogP contribution in [0.1, 0.15) is 45.6 Å². The number of carbonyl (C=O) groups is 5. The van der Waals surface area contributed by atoms with Gasteiger partial charge in [0.25, 0.3) is 5.91 Å². The second kappa shape index (κ2) is 11.1. The Labute approximate surface area is 223 Å². The average molecular weight is 550 g/mol. The normalized spacial score (nSPS) is 21.6. The van der Waals surface area contributed by atoms with Gasteiger partial charge in [-0.05, 0) is 51.3 Å². The van der Waals surface area contributed by atoms with Gasteiger partial charge in [-0.15, -0.1) is 11.8 Å². The molecule has 2 fully saturated rings. The predicted molar refractivity (Wildman–Crippen MR) is 134 cm³/mol. The van der Waals surface area contributed by atoms with Crippen LogP contribution in [-0.4, -0.2) is 81.4 Å². The molecule has 4 rings (SSSR count). The summed E-state index contributed by atoms with van der Waals surface area (Å²) in [6, 6.07) is 3.06. The molecule has 0 aromatic heterocycles. The molecule has 3 aliphatic heterocycles. The molecule has 206 valence electrons. The molecule has 38 heavy (non-hydrogen) atoms. The van der Waals surface area contributed by atoms with Crippen LogP contribution in [0, 0.1) is 5.41 Å². The van der Waals surface area contributed by atoms with E-state index in [-0.39, 0.29) is 50.9 Å². The molecular weight excluding hydrogens is 518 g/mol. The van der Waals surface area contributed by atoms with Crippen molar-refractivity contribution in [2.24, 2.45) is 5.41 Å². The van der Waals surface area contributed by atoms with Crippen molar-refractivity contribution in [2.75, 3.05) is 19.3 Å². The number of amides is 3. The maximum Gasteiger partial charge on any atom is 0.328 e. The van der Waals surface area contributed by atoms with E-state index in [9.17, 15) is 29.1 Å². The molecule has 2 N–H and O–H groups in total. The lowest BCUT2D eigenvalue weighted by molar-refractivity contribution is -0.166. The standard InChI is InChI=1S/C25H31N3O9S/c1-25(2,3)24(34)37-13-38-19(11-14-4-6-17-18(10-14)36-12-35-17)21(30)26-15-5-7-20(29)27-9-8-16(23(32)33)28(27)22(15)31/h4,6,10,15-16,19H,5,7-9,11-13H2,1-3H3,(H,26,30)(H,32,33)/t15?,16?,19-/m0/s1. The Kier molecular flexibility index (Phi) is 8.05. The molecule has 0 saturated carbocycles. The number of aliphatic carboxylic acids is 1. The Hall–Kier alpha value is -3.48. The van der Waals surface area contributed by atoms with Crippen LogP contribution >= 0.6 is 11.8 Å². The van der Waals surface area contributed by atoms with E-state index < -0.39 is 46.5 Å². The zero-order chi connectivity index (χ0) is 27.6. The molecule has 1 aromatic rings. The molecule has 0 radical (unpaired) electrons. The van der Waals surface area contributed by atoms with Crippen LogP contribution in [-0.2, 0) is 35.1 Å². The highest BCUT2D eigenvalue weighted by molar-refractivity contribution is 8.00. The van der Waals surface area contributed by atoms with Crippen LogP contribution in [0.2, 0.25) is 0 Å². The molecule has 2 unspecified atom stereocenters. The van der Waals surface area contributed by atoms with Crippen molar-refractivity contribution in [1.29, 1.82) is 0 Å². The lowest BCUT2D eigenvalue weighted by atomic mass is 9.98. The largest absolute Gasteiger partial charge is 0.480 e. The first-order chi connectivity index (χ1) is 18.0. The number of carbonyl (C=O) groups excluding carboxylic acids is 4. The quantitative estimate of drug-likeness (QED) is 0.359. The first-order valence-electron chi connectivity index (χ1n) is 12.3. The van der Waals surface area contributed by atoms with Crippen LogP contribution in [0.5, 0.6) is 11.5 Å². The van der Waals surface area contributed by atoms with Crippen LogP contribution in [0.25, 0.3) is 0 Å². The number of benzene rings is 1. The Morgan fingerprint density at radius 3 is 2.63 bits per heavy atom. The number of esters is 1. The van der Waals surface area contributed by atoms with Gasteiger partial charge in [-0.1, -0.05) is 6.07 Å². The lowest BCUT2D eigenvalue weighted by Gasteiger charge is -2.30. The van der Waals surface area contributed by atoms with E-state index in [1.165, 1.54) is 0 Å². The monoisotopic (exact) mass is 549 g/mol. The van der Waals surface area contributed by atoms with Crippen LogP contribution in [0.3, 0.4) is 0 Å². The molecule has 13 heteroatoms. The molecular formula is C25H31N3O9S. The fourth-order valence-electron chi connectivity index (χ4n) is 4.36. The van der Waals surface area contributed by atoms with Crippen molar-refractivity contribution in [1.82, 2.24) is 15.3 Å². The number of hydrogen-bond donors (Lipinski definition) is 2. The summed E-state index contributed by atoms with van der Waals surface area (Å²) < 4.78 is 16.1. The molecule has 3 atom stereocenters. The summed E-state index contributed by atoms with van der Waals surface area (Å²) in [7, 11) is 0. The van der Waals surface area contributed by atoms with Gasteiger partial charge in [-0.2, -0.15) is 0 Å². The molecule has 3 aliphatic rings. The average Bonchev–Trinajstić information content (AvgIpc) is 3.49. The zero-order valence-electron chi connectivity index (χ0n) is 21.4. The summed E-state index contributed by atoms with van der Waals surface area (Å²) in [6.45, 7) is 5.41. The van der Waals surface area contributed by atoms with Crippen LogP contribution in [0.15, 0.2) is 18.2 Å². The fraction of sp³-hybridized carbons (Fsp3) is 0.560. The van der Waals surface area contributed by atoms with Gasteiger partial charge in [0.1, 0.15) is 12.0 Å². The van der Waals surface area contributed by atoms with Crippen LogP contribution < -0.4 is 14.8 Å². The minimum Gasteiger partial charge on any atom is -0.480 e. The number of thioether (sulfide) groups is 1.